The summed E-state index contributed by atoms with van der Waals surface area (Å²) in [5, 5.41) is 0. The van der Waals surface area contributed by atoms with Crippen molar-refractivity contribution in [2.45, 2.75) is 82.8 Å². The average Bonchev–Trinajstić information content (AvgIpc) is 3.40. The van der Waals surface area contributed by atoms with E-state index in [1.807, 2.05) is 0 Å². The Balaban J connectivity index is 1.16. The Kier molecular flexibility index (Phi) is 7.48. The maximum atomic E-state index is 6.54. The standard InChI is InChI=1S/C37H45NO/c1-2-18-37(39-25-7-1)38(36-17-9-13-28-10-4-6-16-34(28)36)32-23-21-27(22-24-32)31-14-8-12-30-20-19-29-11-3-5-15-33(29)35(30)26-31/h4-6,8,10,12,14-17,21-24,28-29,31,33-35,37H,1-3,7,9,11,13,18-20,25-26H2. The van der Waals surface area contributed by atoms with E-state index < -0.39 is 0 Å². The molecule has 39 heavy (non-hydrogen) atoms. The molecule has 2 heteroatoms. The van der Waals surface area contributed by atoms with Gasteiger partial charge in [-0.3, -0.25) is 0 Å². The van der Waals surface area contributed by atoms with Crippen LogP contribution in [0.15, 0.2) is 96.3 Å². The second-order valence-electron chi connectivity index (χ2n) is 12.8. The van der Waals surface area contributed by atoms with Crippen molar-refractivity contribution >= 4 is 5.69 Å². The van der Waals surface area contributed by atoms with Crippen LogP contribution in [-0.2, 0) is 4.74 Å². The van der Waals surface area contributed by atoms with Crippen molar-refractivity contribution in [3.05, 3.63) is 102 Å². The lowest BCUT2D eigenvalue weighted by atomic mass is 9.64. The van der Waals surface area contributed by atoms with Crippen LogP contribution in [0.5, 0.6) is 0 Å². The number of anilines is 1. The Labute approximate surface area is 235 Å². The van der Waals surface area contributed by atoms with Gasteiger partial charge in [-0.15, -0.1) is 0 Å². The maximum absolute atomic E-state index is 6.54. The Morgan fingerprint density at radius 2 is 1.72 bits per heavy atom. The van der Waals surface area contributed by atoms with Crippen LogP contribution in [-0.4, -0.2) is 12.8 Å². The quantitative estimate of drug-likeness (QED) is 0.367. The number of hydrogen-bond acceptors (Lipinski definition) is 2. The normalized spacial score (nSPS) is 35.5. The van der Waals surface area contributed by atoms with Crippen LogP contribution in [0.1, 0.15) is 82.1 Å². The van der Waals surface area contributed by atoms with Crippen LogP contribution >= 0.6 is 0 Å². The van der Waals surface area contributed by atoms with Crippen LogP contribution in [0.2, 0.25) is 0 Å². The first kappa shape index (κ1) is 25.4. The minimum atomic E-state index is 0.129. The SMILES string of the molecule is C1=CC(c2ccc(N(C3=CCCC4C=CC=CC34)C3CCCCCO3)cc2)CC2C(=C1)CCC1CCC=CC12. The molecule has 1 saturated heterocycles. The van der Waals surface area contributed by atoms with Crippen LogP contribution in [0.4, 0.5) is 5.69 Å². The second-order valence-corrected chi connectivity index (χ2v) is 12.8. The minimum absolute atomic E-state index is 0.129. The number of allylic oxidation sites excluding steroid dienone is 11. The number of rotatable bonds is 4. The molecule has 204 valence electrons. The van der Waals surface area contributed by atoms with E-state index in [2.05, 4.69) is 89.9 Å². The molecule has 1 aliphatic heterocycles. The zero-order chi connectivity index (χ0) is 26.0. The summed E-state index contributed by atoms with van der Waals surface area (Å²) in [6, 6.07) is 9.64. The summed E-state index contributed by atoms with van der Waals surface area (Å²) in [5.74, 6) is 3.88. The topological polar surface area (TPSA) is 12.5 Å². The van der Waals surface area contributed by atoms with Crippen LogP contribution in [0.25, 0.3) is 0 Å². The van der Waals surface area contributed by atoms with Gasteiger partial charge < -0.3 is 9.64 Å². The van der Waals surface area contributed by atoms with Gasteiger partial charge in [-0.05, 0) is 106 Å². The van der Waals surface area contributed by atoms with E-state index >= 15 is 0 Å². The molecule has 1 saturated carbocycles. The monoisotopic (exact) mass is 519 g/mol. The largest absolute Gasteiger partial charge is 0.358 e. The molecule has 6 aliphatic rings. The first-order valence-corrected chi connectivity index (χ1v) is 15.9. The molecule has 0 N–H and O–H groups in total. The Morgan fingerprint density at radius 3 is 2.67 bits per heavy atom. The highest BCUT2D eigenvalue weighted by molar-refractivity contribution is 5.56. The van der Waals surface area contributed by atoms with Crippen molar-refractivity contribution in [2.75, 3.05) is 11.5 Å². The summed E-state index contributed by atoms with van der Waals surface area (Å²) in [5.41, 5.74) is 5.91. The van der Waals surface area contributed by atoms with Gasteiger partial charge in [-0.25, -0.2) is 0 Å². The first-order chi connectivity index (χ1) is 19.3. The third-order valence-corrected chi connectivity index (χ3v) is 10.5. The molecular weight excluding hydrogens is 474 g/mol. The van der Waals surface area contributed by atoms with Crippen molar-refractivity contribution in [2.24, 2.45) is 29.6 Å². The lowest BCUT2D eigenvalue weighted by molar-refractivity contribution is 0.0587. The smallest absolute Gasteiger partial charge is 0.134 e. The molecule has 7 atom stereocenters. The lowest BCUT2D eigenvalue weighted by Crippen LogP contribution is -2.41. The molecule has 0 amide bonds. The zero-order valence-corrected chi connectivity index (χ0v) is 23.5. The van der Waals surface area contributed by atoms with Gasteiger partial charge in [0, 0.05) is 29.8 Å². The Bertz CT molecular complexity index is 1190. The molecule has 2 nitrogen and oxygen atoms in total. The van der Waals surface area contributed by atoms with Gasteiger partial charge in [0.2, 0.25) is 0 Å². The van der Waals surface area contributed by atoms with Crippen LogP contribution < -0.4 is 4.90 Å². The molecule has 7 unspecified atom stereocenters. The van der Waals surface area contributed by atoms with Gasteiger partial charge in [-0.1, -0.05) is 84.9 Å². The fourth-order valence-electron chi connectivity index (χ4n) is 8.46. The van der Waals surface area contributed by atoms with Crippen LogP contribution in [0.3, 0.4) is 0 Å². The molecule has 1 heterocycles. The highest BCUT2D eigenvalue weighted by atomic mass is 16.5. The molecule has 7 rings (SSSR count). The van der Waals surface area contributed by atoms with Gasteiger partial charge in [-0.2, -0.15) is 0 Å². The van der Waals surface area contributed by atoms with E-state index in [1.54, 1.807) is 5.57 Å². The van der Waals surface area contributed by atoms with Gasteiger partial charge >= 0.3 is 0 Å². The molecule has 1 aromatic rings. The summed E-state index contributed by atoms with van der Waals surface area (Å²) in [4.78, 5) is 2.58. The summed E-state index contributed by atoms with van der Waals surface area (Å²) >= 11 is 0. The van der Waals surface area contributed by atoms with Crippen molar-refractivity contribution < 1.29 is 4.74 Å². The molecule has 0 radical (unpaired) electrons. The third kappa shape index (κ3) is 5.18. The fraction of sp³-hybridized carbons (Fsp3) is 0.514. The van der Waals surface area contributed by atoms with Crippen molar-refractivity contribution in [3.63, 3.8) is 0 Å². The number of benzene rings is 1. The third-order valence-electron chi connectivity index (χ3n) is 10.5. The molecule has 0 spiro atoms. The van der Waals surface area contributed by atoms with E-state index in [0.29, 0.717) is 23.7 Å². The summed E-state index contributed by atoms with van der Waals surface area (Å²) in [6.07, 6.45) is 38.1. The Morgan fingerprint density at radius 1 is 0.795 bits per heavy atom. The molecule has 2 fully saturated rings. The van der Waals surface area contributed by atoms with E-state index in [1.165, 1.54) is 74.7 Å². The second kappa shape index (κ2) is 11.5. The van der Waals surface area contributed by atoms with E-state index in [-0.39, 0.29) is 6.23 Å². The maximum Gasteiger partial charge on any atom is 0.134 e. The number of hydrogen-bond donors (Lipinski definition) is 0. The fourth-order valence-corrected chi connectivity index (χ4v) is 8.46. The number of fused-ring (bicyclic) bond motifs is 4. The predicted octanol–water partition coefficient (Wildman–Crippen LogP) is 9.41. The molecule has 0 aromatic heterocycles. The Hall–Kier alpha value is -2.58. The van der Waals surface area contributed by atoms with Crippen LogP contribution in [0, 0.1) is 29.6 Å². The van der Waals surface area contributed by atoms with E-state index in [4.69, 9.17) is 4.74 Å². The van der Waals surface area contributed by atoms with Gasteiger partial charge in [0.1, 0.15) is 6.23 Å². The first-order valence-electron chi connectivity index (χ1n) is 15.9. The number of nitrogens with zero attached hydrogens (tertiary/aromatic N) is 1. The predicted molar refractivity (Wildman–Crippen MR) is 162 cm³/mol. The van der Waals surface area contributed by atoms with E-state index in [0.717, 1.165) is 31.3 Å². The van der Waals surface area contributed by atoms with E-state index in [9.17, 15) is 0 Å². The minimum Gasteiger partial charge on any atom is -0.358 e. The molecule has 0 bridgehead atoms. The molecular formula is C37H45NO. The summed E-state index contributed by atoms with van der Waals surface area (Å²) < 4.78 is 6.54. The highest BCUT2D eigenvalue weighted by Gasteiger charge is 2.37. The van der Waals surface area contributed by atoms with Gasteiger partial charge in [0.05, 0.1) is 0 Å². The van der Waals surface area contributed by atoms with Gasteiger partial charge in [0.15, 0.2) is 0 Å². The van der Waals surface area contributed by atoms with Gasteiger partial charge in [0.25, 0.3) is 0 Å². The number of ether oxygens (including phenoxy) is 1. The van der Waals surface area contributed by atoms with Crippen molar-refractivity contribution in [3.8, 4) is 0 Å². The zero-order valence-electron chi connectivity index (χ0n) is 23.5. The van der Waals surface area contributed by atoms with Crippen molar-refractivity contribution in [1.29, 1.82) is 0 Å². The molecule has 1 aromatic carbocycles. The lowest BCUT2D eigenvalue weighted by Gasteiger charge is -2.42. The average molecular weight is 520 g/mol. The molecule has 5 aliphatic carbocycles. The van der Waals surface area contributed by atoms with Crippen molar-refractivity contribution in [1.82, 2.24) is 0 Å². The summed E-state index contributed by atoms with van der Waals surface area (Å²) in [7, 11) is 0. The summed E-state index contributed by atoms with van der Waals surface area (Å²) in [6.45, 7) is 0.872. The highest BCUT2D eigenvalue weighted by Crippen LogP contribution is 2.48.